The van der Waals surface area contributed by atoms with Gasteiger partial charge in [-0.1, -0.05) is 41.1 Å². The monoisotopic (exact) mass is 348 g/mol. The molecule has 0 saturated carbocycles. The number of nitrogens with zero attached hydrogens (tertiary/aromatic N) is 4. The maximum Gasteiger partial charge on any atom is 0.263 e. The maximum absolute atomic E-state index is 13.0. The van der Waals surface area contributed by atoms with Gasteiger partial charge in [0.15, 0.2) is 12.1 Å². The van der Waals surface area contributed by atoms with E-state index in [2.05, 4.69) is 10.3 Å². The van der Waals surface area contributed by atoms with Crippen molar-refractivity contribution in [3.63, 3.8) is 0 Å². The molecule has 2 amide bonds. The van der Waals surface area contributed by atoms with Crippen molar-refractivity contribution in [1.29, 1.82) is 0 Å². The predicted octanol–water partition coefficient (Wildman–Crippen LogP) is 3.11. The Bertz CT molecular complexity index is 937. The van der Waals surface area contributed by atoms with E-state index in [-0.39, 0.29) is 11.8 Å². The molecule has 2 aromatic rings. The Hall–Kier alpha value is -3.02. The zero-order valence-electron chi connectivity index (χ0n) is 15.0. The molecule has 2 atom stereocenters. The van der Waals surface area contributed by atoms with E-state index in [0.717, 1.165) is 22.3 Å². The van der Waals surface area contributed by atoms with Crippen LogP contribution in [0.2, 0.25) is 0 Å². The summed E-state index contributed by atoms with van der Waals surface area (Å²) in [5, 5.41) is 9.81. The topological polar surface area (TPSA) is 65.3 Å². The molecule has 0 aliphatic carbocycles. The molecular formula is C20H20N4O2. The molecule has 6 heteroatoms. The first kappa shape index (κ1) is 16.4. The molecule has 0 aromatic heterocycles. The van der Waals surface area contributed by atoms with Gasteiger partial charge in [-0.2, -0.15) is 5.11 Å². The van der Waals surface area contributed by atoms with Gasteiger partial charge in [0.25, 0.3) is 11.8 Å². The molecule has 26 heavy (non-hydrogen) atoms. The quantitative estimate of drug-likeness (QED) is 0.801. The number of imide groups is 1. The van der Waals surface area contributed by atoms with Gasteiger partial charge in [-0.25, -0.2) is 4.90 Å². The summed E-state index contributed by atoms with van der Waals surface area (Å²) in [6, 6.07) is 12.2. The summed E-state index contributed by atoms with van der Waals surface area (Å²) in [7, 11) is 0. The molecule has 0 unspecified atom stereocenters. The van der Waals surface area contributed by atoms with Crippen LogP contribution in [0.4, 0.5) is 5.69 Å². The Labute approximate surface area is 152 Å². The summed E-state index contributed by atoms with van der Waals surface area (Å²) in [4.78, 5) is 27.0. The van der Waals surface area contributed by atoms with Gasteiger partial charge in [0.1, 0.15) is 0 Å². The minimum Gasteiger partial charge on any atom is -0.271 e. The number of benzene rings is 2. The van der Waals surface area contributed by atoms with Crippen LogP contribution < -0.4 is 4.90 Å². The van der Waals surface area contributed by atoms with Crippen LogP contribution in [0.5, 0.6) is 0 Å². The Morgan fingerprint density at radius 1 is 0.962 bits per heavy atom. The largest absolute Gasteiger partial charge is 0.271 e. The van der Waals surface area contributed by atoms with Gasteiger partial charge >= 0.3 is 0 Å². The van der Waals surface area contributed by atoms with Gasteiger partial charge in [-0.05, 0) is 49.6 Å². The van der Waals surface area contributed by atoms with Crippen molar-refractivity contribution in [2.24, 2.45) is 10.3 Å². The van der Waals surface area contributed by atoms with Crippen LogP contribution in [0.3, 0.4) is 0 Å². The lowest BCUT2D eigenvalue weighted by atomic mass is 10.1. The van der Waals surface area contributed by atoms with Gasteiger partial charge in [-0.3, -0.25) is 14.6 Å². The van der Waals surface area contributed by atoms with Gasteiger partial charge in [-0.15, -0.1) is 0 Å². The second-order valence-corrected chi connectivity index (χ2v) is 6.96. The Morgan fingerprint density at radius 2 is 1.77 bits per heavy atom. The van der Waals surface area contributed by atoms with Crippen molar-refractivity contribution >= 4 is 17.5 Å². The van der Waals surface area contributed by atoms with Gasteiger partial charge in [0.05, 0.1) is 12.2 Å². The molecule has 132 valence electrons. The molecule has 2 heterocycles. The van der Waals surface area contributed by atoms with E-state index < -0.39 is 12.1 Å². The summed E-state index contributed by atoms with van der Waals surface area (Å²) >= 11 is 0. The van der Waals surface area contributed by atoms with E-state index in [0.29, 0.717) is 12.2 Å². The van der Waals surface area contributed by atoms with Gasteiger partial charge in [0, 0.05) is 0 Å². The van der Waals surface area contributed by atoms with Crippen LogP contribution in [-0.4, -0.2) is 28.9 Å². The molecule has 0 N–H and O–H groups in total. The number of hydrogen-bond donors (Lipinski definition) is 0. The molecular weight excluding hydrogens is 328 g/mol. The molecule has 2 aliphatic rings. The summed E-state index contributed by atoms with van der Waals surface area (Å²) in [5.74, 6) is -0.570. The molecule has 2 aliphatic heterocycles. The Balaban J connectivity index is 1.62. The number of aryl methyl sites for hydroxylation is 3. The van der Waals surface area contributed by atoms with Crippen molar-refractivity contribution in [1.82, 2.24) is 5.01 Å². The van der Waals surface area contributed by atoms with Crippen LogP contribution in [-0.2, 0) is 16.1 Å². The summed E-state index contributed by atoms with van der Waals surface area (Å²) in [5.41, 5.74) is 4.94. The van der Waals surface area contributed by atoms with Crippen molar-refractivity contribution in [2.45, 2.75) is 39.4 Å². The predicted molar refractivity (Wildman–Crippen MR) is 97.6 cm³/mol. The lowest BCUT2D eigenvalue weighted by Crippen LogP contribution is -2.39. The van der Waals surface area contributed by atoms with Gasteiger partial charge in [0.2, 0.25) is 0 Å². The maximum atomic E-state index is 13.0. The normalized spacial score (nSPS) is 21.7. The van der Waals surface area contributed by atoms with E-state index in [1.54, 1.807) is 11.1 Å². The number of anilines is 1. The third kappa shape index (κ3) is 2.58. The van der Waals surface area contributed by atoms with Crippen LogP contribution in [0, 0.1) is 20.8 Å². The number of hydrogen-bond acceptors (Lipinski definition) is 5. The first-order chi connectivity index (χ1) is 12.5. The van der Waals surface area contributed by atoms with Crippen molar-refractivity contribution in [3.05, 3.63) is 64.7 Å². The minimum absolute atomic E-state index is 0.263. The highest BCUT2D eigenvalue weighted by atomic mass is 16.2. The molecule has 1 saturated heterocycles. The first-order valence-corrected chi connectivity index (χ1v) is 8.64. The molecule has 0 radical (unpaired) electrons. The zero-order valence-corrected chi connectivity index (χ0v) is 15.0. The molecule has 6 nitrogen and oxygen atoms in total. The van der Waals surface area contributed by atoms with Gasteiger partial charge < -0.3 is 0 Å². The standard InChI is InChI=1S/C20H20N4O2/c1-12-5-4-6-15(9-12)11-23-18-17(21-22-23)19(25)24(20(18)26)16-8-7-13(2)14(3)10-16/h4-10,17-18H,11H2,1-3H3/t17-,18+/m1/s1. The van der Waals surface area contributed by atoms with Crippen molar-refractivity contribution < 1.29 is 9.59 Å². The second-order valence-electron chi connectivity index (χ2n) is 6.96. The smallest absolute Gasteiger partial charge is 0.263 e. The number of carbonyl (C=O) groups excluding carboxylic acids is 2. The highest BCUT2D eigenvalue weighted by Crippen LogP contribution is 2.33. The number of amides is 2. The average Bonchev–Trinajstić information content (AvgIpc) is 3.11. The highest BCUT2D eigenvalue weighted by Gasteiger charge is 2.54. The van der Waals surface area contributed by atoms with E-state index in [1.807, 2.05) is 57.2 Å². The van der Waals surface area contributed by atoms with Crippen LogP contribution in [0.1, 0.15) is 22.3 Å². The highest BCUT2D eigenvalue weighted by molar-refractivity contribution is 6.25. The van der Waals surface area contributed by atoms with Crippen LogP contribution in [0.15, 0.2) is 52.8 Å². The fourth-order valence-electron chi connectivity index (χ4n) is 3.47. The van der Waals surface area contributed by atoms with E-state index in [1.165, 1.54) is 4.90 Å². The van der Waals surface area contributed by atoms with Crippen LogP contribution >= 0.6 is 0 Å². The minimum atomic E-state index is -0.756. The average molecular weight is 348 g/mol. The molecule has 0 bridgehead atoms. The van der Waals surface area contributed by atoms with E-state index in [4.69, 9.17) is 0 Å². The van der Waals surface area contributed by atoms with Crippen LogP contribution in [0.25, 0.3) is 0 Å². The summed E-state index contributed by atoms with van der Waals surface area (Å²) < 4.78 is 0. The number of carbonyl (C=O) groups is 2. The van der Waals surface area contributed by atoms with E-state index in [9.17, 15) is 9.59 Å². The molecule has 0 spiro atoms. The summed E-state index contributed by atoms with van der Waals surface area (Å²) in [6.45, 7) is 6.43. The third-order valence-electron chi connectivity index (χ3n) is 5.03. The zero-order chi connectivity index (χ0) is 18.4. The SMILES string of the molecule is Cc1cccc(CN2N=N[C@H]3C(=O)N(c4ccc(C)c(C)c4)C(=O)[C@H]32)c1. The molecule has 4 rings (SSSR count). The Morgan fingerprint density at radius 3 is 2.50 bits per heavy atom. The molecule has 1 fully saturated rings. The van der Waals surface area contributed by atoms with Crippen molar-refractivity contribution in [3.8, 4) is 0 Å². The fourth-order valence-corrected chi connectivity index (χ4v) is 3.47. The first-order valence-electron chi connectivity index (χ1n) is 8.64. The third-order valence-corrected chi connectivity index (χ3v) is 5.03. The van der Waals surface area contributed by atoms with E-state index >= 15 is 0 Å². The fraction of sp³-hybridized carbons (Fsp3) is 0.300. The summed E-state index contributed by atoms with van der Waals surface area (Å²) in [6.07, 6.45) is 0. The lowest BCUT2D eigenvalue weighted by Gasteiger charge is -2.21. The Kier molecular flexibility index (Phi) is 3.83. The number of fused-ring (bicyclic) bond motifs is 1. The second kappa shape index (κ2) is 6.05. The number of rotatable bonds is 3. The molecule has 2 aromatic carbocycles. The lowest BCUT2D eigenvalue weighted by molar-refractivity contribution is -0.123. The van der Waals surface area contributed by atoms with Crippen molar-refractivity contribution in [2.75, 3.05) is 4.90 Å².